The minimum atomic E-state index is -0.583. The summed E-state index contributed by atoms with van der Waals surface area (Å²) in [5.41, 5.74) is 7.00. The van der Waals surface area contributed by atoms with Gasteiger partial charge in [0.15, 0.2) is 0 Å². The summed E-state index contributed by atoms with van der Waals surface area (Å²) in [6, 6.07) is 7.52. The lowest BCUT2D eigenvalue weighted by molar-refractivity contribution is -0.122. The number of hydrogen-bond donors (Lipinski definition) is 4. The molecule has 1 aromatic rings. The first-order valence-electron chi connectivity index (χ1n) is 6.74. The van der Waals surface area contributed by atoms with Crippen LogP contribution in [0.15, 0.2) is 24.3 Å². The van der Waals surface area contributed by atoms with Gasteiger partial charge >= 0.3 is 6.03 Å². The molecule has 3 amide bonds. The van der Waals surface area contributed by atoms with Crippen LogP contribution in [0.1, 0.15) is 24.8 Å². The number of carbonyl (C=O) groups excluding carboxylic acids is 2. The molecule has 108 valence electrons. The SMILES string of the molecule is CC1CC(C(=O)NCCNC(N)=O)c2ccccc2N1. The van der Waals surface area contributed by atoms with Gasteiger partial charge in [-0.25, -0.2) is 4.79 Å². The summed E-state index contributed by atoms with van der Waals surface area (Å²) in [6.07, 6.45) is 0.756. The number of benzene rings is 1. The third-order valence-corrected chi connectivity index (χ3v) is 3.37. The van der Waals surface area contributed by atoms with Crippen LogP contribution in [-0.4, -0.2) is 31.1 Å². The molecule has 2 atom stereocenters. The molecule has 0 radical (unpaired) electrons. The first kappa shape index (κ1) is 14.2. The Morgan fingerprint density at radius 3 is 2.75 bits per heavy atom. The molecular formula is C14H20N4O2. The molecule has 2 unspecified atom stereocenters. The molecule has 0 aliphatic carbocycles. The van der Waals surface area contributed by atoms with E-state index in [4.69, 9.17) is 5.73 Å². The fraction of sp³-hybridized carbons (Fsp3) is 0.429. The minimum Gasteiger partial charge on any atom is -0.382 e. The fourth-order valence-electron chi connectivity index (χ4n) is 2.48. The number of amides is 3. The Bertz CT molecular complexity index is 504. The maximum atomic E-state index is 12.3. The number of carbonyl (C=O) groups is 2. The van der Waals surface area contributed by atoms with Gasteiger partial charge in [0.25, 0.3) is 0 Å². The average Bonchev–Trinajstić information content (AvgIpc) is 2.42. The molecule has 6 nitrogen and oxygen atoms in total. The lowest BCUT2D eigenvalue weighted by Gasteiger charge is -2.30. The lowest BCUT2D eigenvalue weighted by Crippen LogP contribution is -2.40. The molecule has 5 N–H and O–H groups in total. The predicted octanol–water partition coefficient (Wildman–Crippen LogP) is 0.759. The van der Waals surface area contributed by atoms with Crippen molar-refractivity contribution in [3.05, 3.63) is 29.8 Å². The van der Waals surface area contributed by atoms with Gasteiger partial charge < -0.3 is 21.7 Å². The number of anilines is 1. The van der Waals surface area contributed by atoms with Gasteiger partial charge in [0.2, 0.25) is 5.91 Å². The number of primary amides is 1. The van der Waals surface area contributed by atoms with Gasteiger partial charge in [0, 0.05) is 24.8 Å². The third kappa shape index (κ3) is 3.40. The number of nitrogens with two attached hydrogens (primary N) is 1. The number of urea groups is 1. The molecule has 0 aromatic heterocycles. The predicted molar refractivity (Wildman–Crippen MR) is 77.5 cm³/mol. The summed E-state index contributed by atoms with van der Waals surface area (Å²) >= 11 is 0. The number of fused-ring (bicyclic) bond motifs is 1. The standard InChI is InChI=1S/C14H20N4O2/c1-9-8-11(10-4-2-3-5-12(10)18-9)13(19)16-6-7-17-14(15)20/h2-5,9,11,18H,6-8H2,1H3,(H,16,19)(H3,15,17,20). The maximum absolute atomic E-state index is 12.3. The maximum Gasteiger partial charge on any atom is 0.312 e. The molecule has 1 aliphatic heterocycles. The summed E-state index contributed by atoms with van der Waals surface area (Å²) in [6.45, 7) is 2.77. The van der Waals surface area contributed by atoms with Crippen LogP contribution in [0.4, 0.5) is 10.5 Å². The van der Waals surface area contributed by atoms with E-state index in [0.29, 0.717) is 13.1 Å². The molecule has 1 aromatic carbocycles. The van der Waals surface area contributed by atoms with E-state index in [1.807, 2.05) is 24.3 Å². The van der Waals surface area contributed by atoms with Crippen LogP contribution >= 0.6 is 0 Å². The summed E-state index contributed by atoms with van der Waals surface area (Å²) in [7, 11) is 0. The molecule has 0 saturated carbocycles. The number of rotatable bonds is 4. The Morgan fingerprint density at radius 1 is 1.30 bits per heavy atom. The fourth-order valence-corrected chi connectivity index (χ4v) is 2.48. The quantitative estimate of drug-likeness (QED) is 0.611. The zero-order valence-corrected chi connectivity index (χ0v) is 11.5. The van der Waals surface area contributed by atoms with E-state index in [1.54, 1.807) is 0 Å². The molecule has 2 rings (SSSR count). The van der Waals surface area contributed by atoms with Crippen LogP contribution in [0.25, 0.3) is 0 Å². The van der Waals surface area contributed by atoms with Crippen LogP contribution in [0.2, 0.25) is 0 Å². The van der Waals surface area contributed by atoms with Crippen LogP contribution in [0, 0.1) is 0 Å². The van der Waals surface area contributed by atoms with E-state index in [2.05, 4.69) is 22.9 Å². The molecule has 0 spiro atoms. The molecule has 6 heteroatoms. The average molecular weight is 276 g/mol. The van der Waals surface area contributed by atoms with Crippen LogP contribution in [-0.2, 0) is 4.79 Å². The highest BCUT2D eigenvalue weighted by atomic mass is 16.2. The molecule has 1 heterocycles. The van der Waals surface area contributed by atoms with Gasteiger partial charge in [0.1, 0.15) is 0 Å². The smallest absolute Gasteiger partial charge is 0.312 e. The van der Waals surface area contributed by atoms with Crippen molar-refractivity contribution in [2.24, 2.45) is 5.73 Å². The van der Waals surface area contributed by atoms with Crippen molar-refractivity contribution in [1.29, 1.82) is 0 Å². The Hall–Kier alpha value is -2.24. The van der Waals surface area contributed by atoms with Crippen LogP contribution < -0.4 is 21.7 Å². The topological polar surface area (TPSA) is 96.2 Å². The number of para-hydroxylation sites is 1. The van der Waals surface area contributed by atoms with Crippen molar-refractivity contribution in [3.63, 3.8) is 0 Å². The van der Waals surface area contributed by atoms with Crippen molar-refractivity contribution in [3.8, 4) is 0 Å². The summed E-state index contributed by atoms with van der Waals surface area (Å²) in [5.74, 6) is -0.173. The van der Waals surface area contributed by atoms with Gasteiger partial charge in [-0.05, 0) is 25.0 Å². The minimum absolute atomic E-state index is 0.0166. The zero-order chi connectivity index (χ0) is 14.5. The zero-order valence-electron chi connectivity index (χ0n) is 11.5. The first-order chi connectivity index (χ1) is 9.58. The van der Waals surface area contributed by atoms with E-state index < -0.39 is 6.03 Å². The highest BCUT2D eigenvalue weighted by molar-refractivity contribution is 5.86. The second-order valence-electron chi connectivity index (χ2n) is 5.00. The van der Waals surface area contributed by atoms with Gasteiger partial charge in [-0.3, -0.25) is 4.79 Å². The summed E-state index contributed by atoms with van der Waals surface area (Å²) < 4.78 is 0. The van der Waals surface area contributed by atoms with Crippen molar-refractivity contribution in [2.45, 2.75) is 25.3 Å². The summed E-state index contributed by atoms with van der Waals surface area (Å²) in [5, 5.41) is 8.65. The van der Waals surface area contributed by atoms with Crippen molar-refractivity contribution < 1.29 is 9.59 Å². The van der Waals surface area contributed by atoms with Gasteiger partial charge in [-0.2, -0.15) is 0 Å². The van der Waals surface area contributed by atoms with Crippen molar-refractivity contribution in [1.82, 2.24) is 10.6 Å². The van der Waals surface area contributed by atoms with E-state index in [9.17, 15) is 9.59 Å². The molecule has 0 saturated heterocycles. The van der Waals surface area contributed by atoms with Crippen LogP contribution in [0.3, 0.4) is 0 Å². The second kappa shape index (κ2) is 6.27. The van der Waals surface area contributed by atoms with E-state index >= 15 is 0 Å². The molecule has 0 fully saturated rings. The highest BCUT2D eigenvalue weighted by Gasteiger charge is 2.29. The number of hydrogen-bond acceptors (Lipinski definition) is 3. The van der Waals surface area contributed by atoms with E-state index in [0.717, 1.165) is 17.7 Å². The Balaban J connectivity index is 1.97. The van der Waals surface area contributed by atoms with Crippen molar-refractivity contribution in [2.75, 3.05) is 18.4 Å². The van der Waals surface area contributed by atoms with E-state index in [1.165, 1.54) is 0 Å². The van der Waals surface area contributed by atoms with Crippen molar-refractivity contribution >= 4 is 17.6 Å². The lowest BCUT2D eigenvalue weighted by atomic mass is 9.87. The number of nitrogens with one attached hydrogen (secondary N) is 3. The Kier molecular flexibility index (Phi) is 4.45. The largest absolute Gasteiger partial charge is 0.382 e. The van der Waals surface area contributed by atoms with Gasteiger partial charge in [0.05, 0.1) is 5.92 Å². The van der Waals surface area contributed by atoms with Gasteiger partial charge in [-0.15, -0.1) is 0 Å². The third-order valence-electron chi connectivity index (χ3n) is 3.37. The van der Waals surface area contributed by atoms with E-state index in [-0.39, 0.29) is 17.9 Å². The second-order valence-corrected chi connectivity index (χ2v) is 5.00. The monoisotopic (exact) mass is 276 g/mol. The van der Waals surface area contributed by atoms with Gasteiger partial charge in [-0.1, -0.05) is 18.2 Å². The molecular weight excluding hydrogens is 256 g/mol. The molecule has 1 aliphatic rings. The Morgan fingerprint density at radius 2 is 2.00 bits per heavy atom. The molecule has 0 bridgehead atoms. The Labute approximate surface area is 118 Å². The summed E-state index contributed by atoms with van der Waals surface area (Å²) in [4.78, 5) is 22.8. The normalized spacial score (nSPS) is 20.4. The highest BCUT2D eigenvalue weighted by Crippen LogP contribution is 2.33. The molecule has 20 heavy (non-hydrogen) atoms. The first-order valence-corrected chi connectivity index (χ1v) is 6.74. The van der Waals surface area contributed by atoms with Crippen LogP contribution in [0.5, 0.6) is 0 Å².